The van der Waals surface area contributed by atoms with Crippen molar-refractivity contribution in [1.29, 1.82) is 0 Å². The first kappa shape index (κ1) is 15.0. The molecule has 2 aromatic carbocycles. The first-order valence-electron chi connectivity index (χ1n) is 6.85. The van der Waals surface area contributed by atoms with Gasteiger partial charge in [-0.25, -0.2) is 4.39 Å². The quantitative estimate of drug-likeness (QED) is 0.887. The molecule has 0 bridgehead atoms. The lowest BCUT2D eigenvalue weighted by Crippen LogP contribution is -2.37. The molecule has 0 fully saturated rings. The SMILES string of the molecule is C[C@@H](COc1ccccc1)NC(=O)Cc1ccc(F)cc1. The summed E-state index contributed by atoms with van der Waals surface area (Å²) in [6.45, 7) is 2.28. The molecule has 110 valence electrons. The van der Waals surface area contributed by atoms with Gasteiger partial charge in [0.2, 0.25) is 5.91 Å². The van der Waals surface area contributed by atoms with Crippen LogP contribution in [0.3, 0.4) is 0 Å². The van der Waals surface area contributed by atoms with Crippen LogP contribution in [0.2, 0.25) is 0 Å². The molecule has 0 unspecified atom stereocenters. The smallest absolute Gasteiger partial charge is 0.224 e. The highest BCUT2D eigenvalue weighted by Gasteiger charge is 2.09. The summed E-state index contributed by atoms with van der Waals surface area (Å²) < 4.78 is 18.3. The molecular weight excluding hydrogens is 269 g/mol. The third kappa shape index (κ3) is 5.26. The van der Waals surface area contributed by atoms with E-state index in [9.17, 15) is 9.18 Å². The minimum Gasteiger partial charge on any atom is -0.491 e. The van der Waals surface area contributed by atoms with E-state index in [1.165, 1.54) is 12.1 Å². The lowest BCUT2D eigenvalue weighted by molar-refractivity contribution is -0.121. The van der Waals surface area contributed by atoms with Crippen molar-refractivity contribution < 1.29 is 13.9 Å². The van der Waals surface area contributed by atoms with Crippen molar-refractivity contribution in [3.8, 4) is 5.75 Å². The summed E-state index contributed by atoms with van der Waals surface area (Å²) >= 11 is 0. The third-order valence-corrected chi connectivity index (χ3v) is 2.93. The lowest BCUT2D eigenvalue weighted by atomic mass is 10.1. The van der Waals surface area contributed by atoms with Crippen molar-refractivity contribution in [1.82, 2.24) is 5.32 Å². The van der Waals surface area contributed by atoms with Gasteiger partial charge in [-0.3, -0.25) is 4.79 Å². The van der Waals surface area contributed by atoms with E-state index in [4.69, 9.17) is 4.74 Å². The number of hydrogen-bond acceptors (Lipinski definition) is 2. The van der Waals surface area contributed by atoms with E-state index in [2.05, 4.69) is 5.32 Å². The van der Waals surface area contributed by atoms with Gasteiger partial charge in [-0.1, -0.05) is 30.3 Å². The largest absolute Gasteiger partial charge is 0.491 e. The van der Waals surface area contributed by atoms with Gasteiger partial charge >= 0.3 is 0 Å². The van der Waals surface area contributed by atoms with E-state index in [-0.39, 0.29) is 24.2 Å². The van der Waals surface area contributed by atoms with Crippen molar-refractivity contribution in [3.63, 3.8) is 0 Å². The molecule has 0 aromatic heterocycles. The number of carbonyl (C=O) groups excluding carboxylic acids is 1. The second-order valence-corrected chi connectivity index (χ2v) is 4.90. The van der Waals surface area contributed by atoms with E-state index < -0.39 is 0 Å². The summed E-state index contributed by atoms with van der Waals surface area (Å²) in [4.78, 5) is 11.9. The van der Waals surface area contributed by atoms with E-state index in [0.717, 1.165) is 11.3 Å². The number of ether oxygens (including phenoxy) is 1. The minimum atomic E-state index is -0.302. The fourth-order valence-electron chi connectivity index (χ4n) is 1.89. The van der Waals surface area contributed by atoms with E-state index in [0.29, 0.717) is 6.61 Å². The molecule has 21 heavy (non-hydrogen) atoms. The highest BCUT2D eigenvalue weighted by Crippen LogP contribution is 2.08. The van der Waals surface area contributed by atoms with Crippen LogP contribution in [0.5, 0.6) is 5.75 Å². The van der Waals surface area contributed by atoms with Gasteiger partial charge in [-0.15, -0.1) is 0 Å². The van der Waals surface area contributed by atoms with Gasteiger partial charge in [0.25, 0.3) is 0 Å². The van der Waals surface area contributed by atoms with Gasteiger partial charge in [0.05, 0.1) is 12.5 Å². The highest BCUT2D eigenvalue weighted by atomic mass is 19.1. The molecule has 1 amide bonds. The summed E-state index contributed by atoms with van der Waals surface area (Å²) in [6.07, 6.45) is 0.232. The summed E-state index contributed by atoms with van der Waals surface area (Å²) in [6, 6.07) is 15.3. The Morgan fingerprint density at radius 1 is 1.14 bits per heavy atom. The number of hydrogen-bond donors (Lipinski definition) is 1. The minimum absolute atomic E-state index is 0.0989. The fourth-order valence-corrected chi connectivity index (χ4v) is 1.89. The van der Waals surface area contributed by atoms with Gasteiger partial charge in [0, 0.05) is 0 Å². The number of amides is 1. The number of benzene rings is 2. The van der Waals surface area contributed by atoms with Crippen LogP contribution in [0.1, 0.15) is 12.5 Å². The second kappa shape index (κ2) is 7.43. The molecule has 0 spiro atoms. The molecule has 1 N–H and O–H groups in total. The highest BCUT2D eigenvalue weighted by molar-refractivity contribution is 5.78. The zero-order chi connectivity index (χ0) is 15.1. The number of rotatable bonds is 6. The van der Waals surface area contributed by atoms with Gasteiger partial charge in [-0.2, -0.15) is 0 Å². The number of carbonyl (C=O) groups is 1. The van der Waals surface area contributed by atoms with Crippen molar-refractivity contribution in [2.24, 2.45) is 0 Å². The van der Waals surface area contributed by atoms with Crippen LogP contribution >= 0.6 is 0 Å². The molecule has 0 aliphatic rings. The van der Waals surface area contributed by atoms with Crippen molar-refractivity contribution in [3.05, 3.63) is 66.0 Å². The topological polar surface area (TPSA) is 38.3 Å². The lowest BCUT2D eigenvalue weighted by Gasteiger charge is -2.15. The summed E-state index contributed by atoms with van der Waals surface area (Å²) in [7, 11) is 0. The van der Waals surface area contributed by atoms with Gasteiger partial charge in [0.15, 0.2) is 0 Å². The first-order valence-corrected chi connectivity index (χ1v) is 6.85. The molecule has 2 rings (SSSR count). The zero-order valence-electron chi connectivity index (χ0n) is 11.9. The maximum Gasteiger partial charge on any atom is 0.224 e. The molecule has 2 aromatic rings. The molecule has 0 aliphatic heterocycles. The Labute approximate surface area is 123 Å². The molecule has 0 saturated heterocycles. The van der Waals surface area contributed by atoms with Gasteiger partial charge in [0.1, 0.15) is 18.2 Å². The molecule has 0 heterocycles. The standard InChI is InChI=1S/C17H18FNO2/c1-13(12-21-16-5-3-2-4-6-16)19-17(20)11-14-7-9-15(18)10-8-14/h2-10,13H,11-12H2,1H3,(H,19,20)/t13-/m0/s1. The van der Waals surface area contributed by atoms with E-state index in [1.807, 2.05) is 37.3 Å². The van der Waals surface area contributed by atoms with E-state index >= 15 is 0 Å². The Balaban J connectivity index is 1.75. The monoisotopic (exact) mass is 287 g/mol. The first-order chi connectivity index (χ1) is 10.1. The summed E-state index contributed by atoms with van der Waals surface area (Å²) in [5.41, 5.74) is 0.782. The average molecular weight is 287 g/mol. The van der Waals surface area contributed by atoms with Crippen LogP contribution in [-0.4, -0.2) is 18.6 Å². The Kier molecular flexibility index (Phi) is 5.32. The average Bonchev–Trinajstić information content (AvgIpc) is 2.48. The maximum atomic E-state index is 12.8. The number of nitrogens with one attached hydrogen (secondary N) is 1. The molecule has 0 radical (unpaired) electrons. The van der Waals surface area contributed by atoms with Gasteiger partial charge in [-0.05, 0) is 36.8 Å². The van der Waals surface area contributed by atoms with Crippen LogP contribution in [0.15, 0.2) is 54.6 Å². The van der Waals surface area contributed by atoms with Crippen molar-refractivity contribution in [2.75, 3.05) is 6.61 Å². The van der Waals surface area contributed by atoms with Crippen LogP contribution < -0.4 is 10.1 Å². The Morgan fingerprint density at radius 2 is 1.81 bits per heavy atom. The normalized spacial score (nSPS) is 11.7. The third-order valence-electron chi connectivity index (χ3n) is 2.93. The van der Waals surface area contributed by atoms with Crippen LogP contribution in [0, 0.1) is 5.82 Å². The fraction of sp³-hybridized carbons (Fsp3) is 0.235. The van der Waals surface area contributed by atoms with Crippen LogP contribution in [0.25, 0.3) is 0 Å². The van der Waals surface area contributed by atoms with Gasteiger partial charge < -0.3 is 10.1 Å². The molecule has 4 heteroatoms. The molecule has 3 nitrogen and oxygen atoms in total. The summed E-state index contributed by atoms with van der Waals surface area (Å²) in [5, 5.41) is 2.86. The Morgan fingerprint density at radius 3 is 2.48 bits per heavy atom. The van der Waals surface area contributed by atoms with Crippen molar-refractivity contribution >= 4 is 5.91 Å². The number of halogens is 1. The summed E-state index contributed by atoms with van der Waals surface area (Å²) in [5.74, 6) is 0.367. The Hall–Kier alpha value is -2.36. The molecule has 1 atom stereocenters. The number of para-hydroxylation sites is 1. The Bertz CT molecular complexity index is 569. The second-order valence-electron chi connectivity index (χ2n) is 4.90. The van der Waals surface area contributed by atoms with Crippen LogP contribution in [-0.2, 0) is 11.2 Å². The van der Waals surface area contributed by atoms with Crippen LogP contribution in [0.4, 0.5) is 4.39 Å². The zero-order valence-corrected chi connectivity index (χ0v) is 11.9. The predicted octanol–water partition coefficient (Wildman–Crippen LogP) is 2.95. The van der Waals surface area contributed by atoms with Crippen molar-refractivity contribution in [2.45, 2.75) is 19.4 Å². The molecular formula is C17H18FNO2. The van der Waals surface area contributed by atoms with E-state index in [1.54, 1.807) is 12.1 Å². The predicted molar refractivity (Wildman–Crippen MR) is 79.6 cm³/mol. The molecule has 0 saturated carbocycles. The maximum absolute atomic E-state index is 12.8. The molecule has 0 aliphatic carbocycles.